The molecule has 0 saturated heterocycles. The molecule has 0 radical (unpaired) electrons. The molecule has 2 rings (SSSR count). The number of sulfonamides is 1. The van der Waals surface area contributed by atoms with Gasteiger partial charge in [0, 0.05) is 6.54 Å². The van der Waals surface area contributed by atoms with Crippen LogP contribution >= 0.6 is 0 Å². The first-order chi connectivity index (χ1) is 12.5. The summed E-state index contributed by atoms with van der Waals surface area (Å²) < 4.78 is 32.4. The van der Waals surface area contributed by atoms with E-state index >= 15 is 0 Å². The Bertz CT molecular complexity index is 805. The molecule has 140 valence electrons. The summed E-state index contributed by atoms with van der Waals surface area (Å²) in [7, 11) is -2.28. The Labute approximate surface area is 154 Å². The quantitative estimate of drug-likeness (QED) is 0.702. The standard InChI is InChI=1S/C19H24N2O4S/c1-3-18(19(22)20-14-13-15-7-5-4-6-8-15)21-26(23,24)17-11-9-16(25-2)10-12-17/h4-12,18,21H,3,13-14H2,1-2H3,(H,20,22)/t18-/m1/s1. The van der Waals surface area contributed by atoms with E-state index in [2.05, 4.69) is 10.0 Å². The maximum atomic E-state index is 12.5. The molecule has 2 aromatic carbocycles. The van der Waals surface area contributed by atoms with Gasteiger partial charge in [0.25, 0.3) is 0 Å². The zero-order chi connectivity index (χ0) is 19.0. The van der Waals surface area contributed by atoms with Crippen molar-refractivity contribution in [1.29, 1.82) is 0 Å². The number of methoxy groups -OCH3 is 1. The summed E-state index contributed by atoms with van der Waals surface area (Å²) in [5, 5.41) is 2.79. The summed E-state index contributed by atoms with van der Waals surface area (Å²) in [6.07, 6.45) is 1.04. The molecule has 0 spiro atoms. The molecule has 0 unspecified atom stereocenters. The second-order valence-corrected chi connectivity index (χ2v) is 7.50. The summed E-state index contributed by atoms with van der Waals surface area (Å²) in [5.74, 6) is 0.232. The lowest BCUT2D eigenvalue weighted by atomic mass is 10.1. The molecule has 0 heterocycles. The minimum absolute atomic E-state index is 0.0915. The molecule has 1 amide bonds. The van der Waals surface area contributed by atoms with Gasteiger partial charge in [-0.3, -0.25) is 4.79 Å². The number of nitrogens with one attached hydrogen (secondary N) is 2. The second-order valence-electron chi connectivity index (χ2n) is 5.78. The third-order valence-electron chi connectivity index (χ3n) is 3.95. The van der Waals surface area contributed by atoms with E-state index in [1.54, 1.807) is 19.1 Å². The number of carbonyl (C=O) groups is 1. The summed E-state index contributed by atoms with van der Waals surface area (Å²) in [5.41, 5.74) is 1.11. The van der Waals surface area contributed by atoms with Crippen LogP contribution in [0.25, 0.3) is 0 Å². The van der Waals surface area contributed by atoms with Crippen LogP contribution in [-0.2, 0) is 21.2 Å². The minimum atomic E-state index is -3.79. The Morgan fingerprint density at radius 1 is 1.08 bits per heavy atom. The van der Waals surface area contributed by atoms with E-state index < -0.39 is 16.1 Å². The Morgan fingerprint density at radius 3 is 2.31 bits per heavy atom. The highest BCUT2D eigenvalue weighted by Crippen LogP contribution is 2.16. The first kappa shape index (κ1) is 19.9. The van der Waals surface area contributed by atoms with Crippen LogP contribution in [0.3, 0.4) is 0 Å². The average Bonchev–Trinajstić information content (AvgIpc) is 2.67. The Morgan fingerprint density at radius 2 is 1.73 bits per heavy atom. The van der Waals surface area contributed by atoms with Crippen molar-refractivity contribution in [2.75, 3.05) is 13.7 Å². The fourth-order valence-corrected chi connectivity index (χ4v) is 3.71. The largest absolute Gasteiger partial charge is 0.497 e. The number of ether oxygens (including phenoxy) is 1. The molecule has 0 fully saturated rings. The van der Waals surface area contributed by atoms with Gasteiger partial charge in [0.15, 0.2) is 0 Å². The fraction of sp³-hybridized carbons (Fsp3) is 0.316. The Balaban J connectivity index is 1.94. The van der Waals surface area contributed by atoms with Gasteiger partial charge in [-0.05, 0) is 42.7 Å². The highest BCUT2D eigenvalue weighted by atomic mass is 32.2. The van der Waals surface area contributed by atoms with Gasteiger partial charge in [0.1, 0.15) is 11.8 Å². The van der Waals surface area contributed by atoms with Gasteiger partial charge in [0.05, 0.1) is 12.0 Å². The normalized spacial score (nSPS) is 12.4. The zero-order valence-corrected chi connectivity index (χ0v) is 15.8. The molecule has 0 aliphatic carbocycles. The van der Waals surface area contributed by atoms with Crippen molar-refractivity contribution in [2.24, 2.45) is 0 Å². The highest BCUT2D eigenvalue weighted by Gasteiger charge is 2.24. The van der Waals surface area contributed by atoms with Gasteiger partial charge in [-0.1, -0.05) is 37.3 Å². The van der Waals surface area contributed by atoms with Crippen molar-refractivity contribution in [2.45, 2.75) is 30.7 Å². The molecule has 1 atom stereocenters. The van der Waals surface area contributed by atoms with E-state index in [-0.39, 0.29) is 10.8 Å². The lowest BCUT2D eigenvalue weighted by Crippen LogP contribution is -2.46. The Kier molecular flexibility index (Phi) is 7.17. The van der Waals surface area contributed by atoms with E-state index in [9.17, 15) is 13.2 Å². The van der Waals surface area contributed by atoms with Gasteiger partial charge >= 0.3 is 0 Å². The first-order valence-electron chi connectivity index (χ1n) is 8.44. The van der Waals surface area contributed by atoms with E-state index in [1.807, 2.05) is 30.3 Å². The van der Waals surface area contributed by atoms with Crippen LogP contribution in [0.5, 0.6) is 5.75 Å². The van der Waals surface area contributed by atoms with E-state index in [4.69, 9.17) is 4.74 Å². The van der Waals surface area contributed by atoms with Gasteiger partial charge in [-0.25, -0.2) is 8.42 Å². The summed E-state index contributed by atoms with van der Waals surface area (Å²) in [6.45, 7) is 2.21. The van der Waals surface area contributed by atoms with E-state index in [0.717, 1.165) is 5.56 Å². The van der Waals surface area contributed by atoms with Crippen LogP contribution in [0.4, 0.5) is 0 Å². The molecule has 6 nitrogen and oxygen atoms in total. The molecule has 0 aromatic heterocycles. The van der Waals surface area contributed by atoms with Gasteiger partial charge in [0.2, 0.25) is 15.9 Å². The van der Waals surface area contributed by atoms with Crippen molar-refractivity contribution < 1.29 is 17.9 Å². The maximum absolute atomic E-state index is 12.5. The van der Waals surface area contributed by atoms with Crippen molar-refractivity contribution >= 4 is 15.9 Å². The number of benzene rings is 2. The monoisotopic (exact) mass is 376 g/mol. The van der Waals surface area contributed by atoms with Crippen LogP contribution in [0.1, 0.15) is 18.9 Å². The average molecular weight is 376 g/mol. The third kappa shape index (κ3) is 5.57. The molecular formula is C19H24N2O4S. The predicted molar refractivity (Wildman–Crippen MR) is 101 cm³/mol. The highest BCUT2D eigenvalue weighted by molar-refractivity contribution is 7.89. The van der Waals surface area contributed by atoms with Crippen molar-refractivity contribution in [3.63, 3.8) is 0 Å². The van der Waals surface area contributed by atoms with Crippen LogP contribution in [0.2, 0.25) is 0 Å². The summed E-state index contributed by atoms with van der Waals surface area (Å²) in [4.78, 5) is 12.4. The number of rotatable bonds is 9. The number of hydrogen-bond donors (Lipinski definition) is 2. The smallest absolute Gasteiger partial charge is 0.241 e. The molecule has 26 heavy (non-hydrogen) atoms. The van der Waals surface area contributed by atoms with Crippen LogP contribution in [0, 0.1) is 0 Å². The van der Waals surface area contributed by atoms with Crippen LogP contribution < -0.4 is 14.8 Å². The van der Waals surface area contributed by atoms with Gasteiger partial charge in [-0.2, -0.15) is 4.72 Å². The zero-order valence-electron chi connectivity index (χ0n) is 14.9. The molecule has 0 aliphatic rings. The van der Waals surface area contributed by atoms with Crippen molar-refractivity contribution in [1.82, 2.24) is 10.0 Å². The van der Waals surface area contributed by atoms with E-state index in [0.29, 0.717) is 25.1 Å². The molecule has 2 N–H and O–H groups in total. The van der Waals surface area contributed by atoms with Crippen LogP contribution in [0.15, 0.2) is 59.5 Å². The minimum Gasteiger partial charge on any atom is -0.497 e. The summed E-state index contributed by atoms with van der Waals surface area (Å²) >= 11 is 0. The molecule has 2 aromatic rings. The number of hydrogen-bond acceptors (Lipinski definition) is 4. The topological polar surface area (TPSA) is 84.5 Å². The first-order valence-corrected chi connectivity index (χ1v) is 9.92. The maximum Gasteiger partial charge on any atom is 0.241 e. The number of carbonyl (C=O) groups excluding carboxylic acids is 1. The second kappa shape index (κ2) is 9.35. The predicted octanol–water partition coefficient (Wildman–Crippen LogP) is 2.11. The Hall–Kier alpha value is -2.38. The third-order valence-corrected chi connectivity index (χ3v) is 5.44. The van der Waals surface area contributed by atoms with Crippen LogP contribution in [-0.4, -0.2) is 34.0 Å². The molecule has 0 aliphatic heterocycles. The molecule has 7 heteroatoms. The molecular weight excluding hydrogens is 352 g/mol. The van der Waals surface area contributed by atoms with Gasteiger partial charge < -0.3 is 10.1 Å². The van der Waals surface area contributed by atoms with Crippen molar-refractivity contribution in [3.8, 4) is 5.75 Å². The van der Waals surface area contributed by atoms with Gasteiger partial charge in [-0.15, -0.1) is 0 Å². The fourth-order valence-electron chi connectivity index (χ4n) is 2.43. The SMILES string of the molecule is CC[C@@H](NS(=O)(=O)c1ccc(OC)cc1)C(=O)NCCc1ccccc1. The molecule has 0 bridgehead atoms. The van der Waals surface area contributed by atoms with E-state index in [1.165, 1.54) is 19.2 Å². The lowest BCUT2D eigenvalue weighted by Gasteiger charge is -2.17. The van der Waals surface area contributed by atoms with Crippen molar-refractivity contribution in [3.05, 3.63) is 60.2 Å². The lowest BCUT2D eigenvalue weighted by molar-refractivity contribution is -0.122. The number of amides is 1. The summed E-state index contributed by atoms with van der Waals surface area (Å²) in [6, 6.07) is 15.0. The molecule has 0 saturated carbocycles.